The van der Waals surface area contributed by atoms with Crippen LogP contribution in [0.3, 0.4) is 0 Å². The minimum atomic E-state index is -0.312. The van der Waals surface area contributed by atoms with Crippen molar-refractivity contribution in [1.29, 1.82) is 0 Å². The molecule has 0 atom stereocenters. The molecule has 0 aliphatic heterocycles. The number of rotatable bonds is 3. The molecule has 0 amide bonds. The number of ether oxygens (including phenoxy) is 1. The Labute approximate surface area is 109 Å². The molecule has 6 heteroatoms. The highest BCUT2D eigenvalue weighted by molar-refractivity contribution is 9.10. The predicted molar refractivity (Wildman–Crippen MR) is 65.6 cm³/mol. The van der Waals surface area contributed by atoms with E-state index in [9.17, 15) is 4.39 Å². The second-order valence-corrected chi connectivity index (χ2v) is 5.50. The zero-order valence-electron chi connectivity index (χ0n) is 7.91. The molecule has 1 aromatic carbocycles. The van der Waals surface area contributed by atoms with Crippen molar-refractivity contribution in [3.8, 4) is 5.75 Å². The largest absolute Gasteiger partial charge is 0.488 e. The number of hydrogen-bond acceptors (Lipinski definition) is 3. The Bertz CT molecular complexity index is 505. The number of halogens is 3. The monoisotopic (exact) mass is 321 g/mol. The lowest BCUT2D eigenvalue weighted by atomic mass is 10.3. The lowest BCUT2D eigenvalue weighted by Gasteiger charge is -2.04. The SMILES string of the molecule is Fc1ccc(OCc2cnc(Cl)s2)cc1Br. The van der Waals surface area contributed by atoms with Crippen LogP contribution in [-0.2, 0) is 6.61 Å². The van der Waals surface area contributed by atoms with Crippen LogP contribution in [0, 0.1) is 5.82 Å². The van der Waals surface area contributed by atoms with Crippen molar-refractivity contribution >= 4 is 38.9 Å². The lowest BCUT2D eigenvalue weighted by Crippen LogP contribution is -1.93. The van der Waals surface area contributed by atoms with Crippen LogP contribution < -0.4 is 4.74 Å². The average Bonchev–Trinajstić information content (AvgIpc) is 2.66. The highest BCUT2D eigenvalue weighted by Gasteiger charge is 2.03. The first kappa shape index (κ1) is 11.8. The molecule has 0 N–H and O–H groups in total. The summed E-state index contributed by atoms with van der Waals surface area (Å²) < 4.78 is 19.3. The van der Waals surface area contributed by atoms with Crippen LogP contribution in [-0.4, -0.2) is 4.98 Å². The molecular formula is C10H6BrClFNOS. The molecular weight excluding hydrogens is 317 g/mol. The fraction of sp³-hybridized carbons (Fsp3) is 0.100. The summed E-state index contributed by atoms with van der Waals surface area (Å²) in [6.45, 7) is 0.377. The van der Waals surface area contributed by atoms with Crippen molar-refractivity contribution in [2.75, 3.05) is 0 Å². The molecule has 0 aliphatic rings. The van der Waals surface area contributed by atoms with E-state index in [-0.39, 0.29) is 5.82 Å². The van der Waals surface area contributed by atoms with E-state index in [4.69, 9.17) is 16.3 Å². The third-order valence-corrected chi connectivity index (χ3v) is 3.49. The van der Waals surface area contributed by atoms with Gasteiger partial charge in [-0.25, -0.2) is 9.37 Å². The molecule has 0 unspecified atom stereocenters. The summed E-state index contributed by atoms with van der Waals surface area (Å²) in [6, 6.07) is 4.50. The smallest absolute Gasteiger partial charge is 0.183 e. The molecule has 0 aliphatic carbocycles. The first-order valence-corrected chi connectivity index (χ1v) is 6.32. The number of thiazole rings is 1. The summed E-state index contributed by atoms with van der Waals surface area (Å²) >= 11 is 10.1. The molecule has 0 bridgehead atoms. The second kappa shape index (κ2) is 5.12. The number of nitrogens with zero attached hydrogens (tertiary/aromatic N) is 1. The number of hydrogen-bond donors (Lipinski definition) is 0. The van der Waals surface area contributed by atoms with Crippen LogP contribution in [0.1, 0.15) is 4.88 Å². The third kappa shape index (κ3) is 2.93. The molecule has 16 heavy (non-hydrogen) atoms. The Hall–Kier alpha value is -0.650. The minimum absolute atomic E-state index is 0.312. The Morgan fingerprint density at radius 3 is 2.94 bits per heavy atom. The van der Waals surface area contributed by atoms with Crippen molar-refractivity contribution < 1.29 is 9.13 Å². The molecule has 0 saturated heterocycles. The highest BCUT2D eigenvalue weighted by atomic mass is 79.9. The van der Waals surface area contributed by atoms with Crippen LogP contribution in [0.4, 0.5) is 4.39 Å². The van der Waals surface area contributed by atoms with Gasteiger partial charge < -0.3 is 4.74 Å². The van der Waals surface area contributed by atoms with E-state index in [1.54, 1.807) is 18.3 Å². The zero-order valence-corrected chi connectivity index (χ0v) is 11.1. The maximum Gasteiger partial charge on any atom is 0.183 e. The van der Waals surface area contributed by atoms with Gasteiger partial charge >= 0.3 is 0 Å². The van der Waals surface area contributed by atoms with Gasteiger partial charge in [0.2, 0.25) is 0 Å². The number of benzene rings is 1. The molecule has 84 valence electrons. The summed E-state index contributed by atoms with van der Waals surface area (Å²) in [7, 11) is 0. The van der Waals surface area contributed by atoms with E-state index in [0.29, 0.717) is 21.3 Å². The number of aromatic nitrogens is 1. The van der Waals surface area contributed by atoms with Crippen molar-refractivity contribution in [2.24, 2.45) is 0 Å². The summed E-state index contributed by atoms with van der Waals surface area (Å²) in [6.07, 6.45) is 1.66. The van der Waals surface area contributed by atoms with E-state index in [0.717, 1.165) is 4.88 Å². The molecule has 2 aromatic rings. The Morgan fingerprint density at radius 2 is 2.31 bits per heavy atom. The fourth-order valence-corrected chi connectivity index (χ4v) is 2.32. The van der Waals surface area contributed by atoms with Gasteiger partial charge in [0, 0.05) is 6.20 Å². The quantitative estimate of drug-likeness (QED) is 0.841. The molecule has 1 heterocycles. The summed E-state index contributed by atoms with van der Waals surface area (Å²) in [4.78, 5) is 4.82. The average molecular weight is 323 g/mol. The van der Waals surface area contributed by atoms with Crippen LogP contribution in [0.2, 0.25) is 4.47 Å². The van der Waals surface area contributed by atoms with Gasteiger partial charge in [-0.2, -0.15) is 0 Å². The Morgan fingerprint density at radius 1 is 1.50 bits per heavy atom. The maximum atomic E-state index is 12.9. The van der Waals surface area contributed by atoms with Gasteiger partial charge in [-0.3, -0.25) is 0 Å². The van der Waals surface area contributed by atoms with Crippen LogP contribution in [0.5, 0.6) is 5.75 Å². The second-order valence-electron chi connectivity index (χ2n) is 2.94. The highest BCUT2D eigenvalue weighted by Crippen LogP contribution is 2.24. The Kier molecular flexibility index (Phi) is 3.78. The predicted octanol–water partition coefficient (Wildman–Crippen LogP) is 4.28. The topological polar surface area (TPSA) is 22.1 Å². The van der Waals surface area contributed by atoms with E-state index in [1.807, 2.05) is 0 Å². The molecule has 0 saturated carbocycles. The van der Waals surface area contributed by atoms with Gasteiger partial charge in [0.05, 0.1) is 9.35 Å². The third-order valence-electron chi connectivity index (χ3n) is 1.80. The maximum absolute atomic E-state index is 12.9. The van der Waals surface area contributed by atoms with Crippen LogP contribution >= 0.6 is 38.9 Å². The zero-order chi connectivity index (χ0) is 11.5. The molecule has 2 nitrogen and oxygen atoms in total. The Balaban J connectivity index is 2.02. The van der Waals surface area contributed by atoms with E-state index in [2.05, 4.69) is 20.9 Å². The summed E-state index contributed by atoms with van der Waals surface area (Å²) in [5, 5.41) is 0. The van der Waals surface area contributed by atoms with E-state index in [1.165, 1.54) is 17.4 Å². The van der Waals surface area contributed by atoms with Gasteiger partial charge in [0.25, 0.3) is 0 Å². The standard InChI is InChI=1S/C10H6BrClFNOS/c11-8-3-6(1-2-9(8)13)15-5-7-4-14-10(12)16-7/h1-4H,5H2. The van der Waals surface area contributed by atoms with Gasteiger partial charge in [0.15, 0.2) is 4.47 Å². The molecule has 2 rings (SSSR count). The lowest BCUT2D eigenvalue weighted by molar-refractivity contribution is 0.309. The first-order valence-electron chi connectivity index (χ1n) is 4.33. The van der Waals surface area contributed by atoms with Gasteiger partial charge in [-0.1, -0.05) is 11.6 Å². The van der Waals surface area contributed by atoms with Crippen molar-refractivity contribution in [3.63, 3.8) is 0 Å². The van der Waals surface area contributed by atoms with E-state index < -0.39 is 0 Å². The molecule has 0 radical (unpaired) electrons. The fourth-order valence-electron chi connectivity index (χ4n) is 1.07. The minimum Gasteiger partial charge on any atom is -0.488 e. The van der Waals surface area contributed by atoms with Gasteiger partial charge in [-0.15, -0.1) is 11.3 Å². The van der Waals surface area contributed by atoms with E-state index >= 15 is 0 Å². The van der Waals surface area contributed by atoms with Crippen molar-refractivity contribution in [2.45, 2.75) is 6.61 Å². The summed E-state index contributed by atoms with van der Waals surface area (Å²) in [5.41, 5.74) is 0. The summed E-state index contributed by atoms with van der Waals surface area (Å²) in [5.74, 6) is 0.283. The van der Waals surface area contributed by atoms with Gasteiger partial charge in [-0.05, 0) is 34.1 Å². The first-order chi connectivity index (χ1) is 7.65. The van der Waals surface area contributed by atoms with Gasteiger partial charge in [0.1, 0.15) is 18.2 Å². The van der Waals surface area contributed by atoms with Crippen LogP contribution in [0.15, 0.2) is 28.9 Å². The molecule has 1 aromatic heterocycles. The van der Waals surface area contributed by atoms with Crippen LogP contribution in [0.25, 0.3) is 0 Å². The van der Waals surface area contributed by atoms with Crippen molar-refractivity contribution in [3.05, 3.63) is 44.0 Å². The molecule has 0 fully saturated rings. The normalized spacial score (nSPS) is 10.4. The molecule has 0 spiro atoms. The van der Waals surface area contributed by atoms with Crippen molar-refractivity contribution in [1.82, 2.24) is 4.98 Å².